The fourth-order valence-electron chi connectivity index (χ4n) is 3.30. The van der Waals surface area contributed by atoms with Gasteiger partial charge in [0.2, 0.25) is 5.82 Å². The standard InChI is InChI=1S/C23H23N3O4/c1-4-26-18-8-6-5-7-17(18)20(27)19(23(26)28)22-24-21(25-30-22)15-9-11-16(12-10-15)29-13-14(2)3/h5-12,14,27H,4,13H2,1-3H3. The van der Waals surface area contributed by atoms with Crippen LogP contribution >= 0.6 is 0 Å². The second-order valence-corrected chi connectivity index (χ2v) is 7.44. The average Bonchev–Trinajstić information content (AvgIpc) is 3.23. The average molecular weight is 405 g/mol. The number of rotatable bonds is 6. The van der Waals surface area contributed by atoms with Crippen LogP contribution in [0.2, 0.25) is 0 Å². The molecule has 7 nitrogen and oxygen atoms in total. The highest BCUT2D eigenvalue weighted by molar-refractivity contribution is 5.91. The molecule has 0 saturated heterocycles. The van der Waals surface area contributed by atoms with E-state index >= 15 is 0 Å². The largest absolute Gasteiger partial charge is 0.506 e. The number of fused-ring (bicyclic) bond motifs is 1. The van der Waals surface area contributed by atoms with Crippen LogP contribution in [0.3, 0.4) is 0 Å². The van der Waals surface area contributed by atoms with Crippen molar-refractivity contribution in [3.8, 4) is 34.3 Å². The number of ether oxygens (including phenoxy) is 1. The van der Waals surface area contributed by atoms with Gasteiger partial charge in [0.1, 0.15) is 17.1 Å². The minimum atomic E-state index is -0.374. The fourth-order valence-corrected chi connectivity index (χ4v) is 3.30. The van der Waals surface area contributed by atoms with E-state index in [1.807, 2.05) is 37.3 Å². The summed E-state index contributed by atoms with van der Waals surface area (Å²) in [6.07, 6.45) is 0. The summed E-state index contributed by atoms with van der Waals surface area (Å²) in [4.78, 5) is 17.4. The first-order valence-corrected chi connectivity index (χ1v) is 9.91. The zero-order chi connectivity index (χ0) is 21.3. The predicted octanol–water partition coefficient (Wildman–Crippen LogP) is 4.48. The summed E-state index contributed by atoms with van der Waals surface area (Å²) in [6.45, 7) is 7.13. The smallest absolute Gasteiger partial charge is 0.267 e. The molecule has 154 valence electrons. The lowest BCUT2D eigenvalue weighted by Crippen LogP contribution is -2.21. The van der Waals surface area contributed by atoms with Gasteiger partial charge in [-0.15, -0.1) is 0 Å². The van der Waals surface area contributed by atoms with Crippen molar-refractivity contribution in [1.29, 1.82) is 0 Å². The van der Waals surface area contributed by atoms with Crippen molar-refractivity contribution in [3.63, 3.8) is 0 Å². The van der Waals surface area contributed by atoms with Gasteiger partial charge in [0, 0.05) is 17.5 Å². The molecule has 0 saturated carbocycles. The fraction of sp³-hybridized carbons (Fsp3) is 0.261. The SMILES string of the molecule is CCn1c(=O)c(-c2nc(-c3ccc(OCC(C)C)cc3)no2)c(O)c2ccccc21. The molecule has 0 radical (unpaired) electrons. The van der Waals surface area contributed by atoms with Crippen LogP contribution in [-0.2, 0) is 6.54 Å². The van der Waals surface area contributed by atoms with E-state index < -0.39 is 0 Å². The second kappa shape index (κ2) is 8.02. The van der Waals surface area contributed by atoms with Crippen molar-refractivity contribution < 1.29 is 14.4 Å². The first kappa shape index (κ1) is 19.7. The molecular formula is C23H23N3O4. The van der Waals surface area contributed by atoms with Crippen LogP contribution in [-0.4, -0.2) is 26.4 Å². The van der Waals surface area contributed by atoms with Crippen molar-refractivity contribution in [2.24, 2.45) is 5.92 Å². The third-order valence-corrected chi connectivity index (χ3v) is 4.80. The number of benzene rings is 2. The van der Waals surface area contributed by atoms with E-state index in [-0.39, 0.29) is 22.8 Å². The minimum Gasteiger partial charge on any atom is -0.506 e. The lowest BCUT2D eigenvalue weighted by Gasteiger charge is -2.11. The Morgan fingerprint density at radius 1 is 1.13 bits per heavy atom. The zero-order valence-electron chi connectivity index (χ0n) is 17.1. The Bertz CT molecular complexity index is 1240. The molecule has 0 atom stereocenters. The number of aryl methyl sites for hydroxylation is 1. The number of nitrogens with zero attached hydrogens (tertiary/aromatic N) is 3. The van der Waals surface area contributed by atoms with Gasteiger partial charge >= 0.3 is 0 Å². The monoisotopic (exact) mass is 405 g/mol. The van der Waals surface area contributed by atoms with Gasteiger partial charge in [-0.05, 0) is 49.2 Å². The molecule has 2 aromatic carbocycles. The van der Waals surface area contributed by atoms with Gasteiger partial charge in [0.15, 0.2) is 0 Å². The summed E-state index contributed by atoms with van der Waals surface area (Å²) in [7, 11) is 0. The van der Waals surface area contributed by atoms with Gasteiger partial charge in [-0.25, -0.2) is 0 Å². The van der Waals surface area contributed by atoms with E-state index in [1.165, 1.54) is 0 Å². The molecule has 0 unspecified atom stereocenters. The van der Waals surface area contributed by atoms with Crippen LogP contribution in [0.25, 0.3) is 33.7 Å². The van der Waals surface area contributed by atoms with Crippen molar-refractivity contribution in [2.45, 2.75) is 27.3 Å². The number of hydrogen-bond donors (Lipinski definition) is 1. The Hall–Kier alpha value is -3.61. The van der Waals surface area contributed by atoms with E-state index in [4.69, 9.17) is 9.26 Å². The number of hydrogen-bond acceptors (Lipinski definition) is 6. The van der Waals surface area contributed by atoms with Gasteiger partial charge in [-0.3, -0.25) is 4.79 Å². The summed E-state index contributed by atoms with van der Waals surface area (Å²) >= 11 is 0. The highest BCUT2D eigenvalue weighted by Gasteiger charge is 2.22. The lowest BCUT2D eigenvalue weighted by molar-refractivity contribution is 0.271. The normalized spacial score (nSPS) is 11.3. The van der Waals surface area contributed by atoms with Crippen LogP contribution in [0, 0.1) is 5.92 Å². The van der Waals surface area contributed by atoms with Crippen LogP contribution in [0.4, 0.5) is 0 Å². The van der Waals surface area contributed by atoms with Crippen molar-refractivity contribution in [1.82, 2.24) is 14.7 Å². The van der Waals surface area contributed by atoms with E-state index in [0.29, 0.717) is 35.8 Å². The van der Waals surface area contributed by atoms with Gasteiger partial charge in [-0.2, -0.15) is 4.98 Å². The molecule has 0 aliphatic rings. The topological polar surface area (TPSA) is 90.4 Å². The van der Waals surface area contributed by atoms with E-state index in [2.05, 4.69) is 24.0 Å². The molecule has 7 heteroatoms. The van der Waals surface area contributed by atoms with Crippen LogP contribution < -0.4 is 10.3 Å². The van der Waals surface area contributed by atoms with Crippen LogP contribution in [0.5, 0.6) is 11.5 Å². The number of aromatic hydroxyl groups is 1. The molecular weight excluding hydrogens is 382 g/mol. The summed E-state index contributed by atoms with van der Waals surface area (Å²) in [6, 6.07) is 14.5. The maximum absolute atomic E-state index is 13.0. The molecule has 0 amide bonds. The summed E-state index contributed by atoms with van der Waals surface area (Å²) < 4.78 is 12.6. The zero-order valence-corrected chi connectivity index (χ0v) is 17.1. The quantitative estimate of drug-likeness (QED) is 0.509. The molecule has 0 spiro atoms. The Morgan fingerprint density at radius 3 is 2.57 bits per heavy atom. The molecule has 0 aliphatic carbocycles. The molecule has 2 aromatic heterocycles. The number of aromatic nitrogens is 3. The highest BCUT2D eigenvalue weighted by atomic mass is 16.5. The van der Waals surface area contributed by atoms with E-state index in [0.717, 1.165) is 11.3 Å². The summed E-state index contributed by atoms with van der Waals surface area (Å²) in [5.41, 5.74) is 1.01. The first-order valence-electron chi connectivity index (χ1n) is 9.91. The van der Waals surface area contributed by atoms with E-state index in [9.17, 15) is 9.90 Å². The third-order valence-electron chi connectivity index (χ3n) is 4.80. The first-order chi connectivity index (χ1) is 14.5. The van der Waals surface area contributed by atoms with Crippen molar-refractivity contribution in [3.05, 3.63) is 58.9 Å². The molecule has 1 N–H and O–H groups in total. The maximum Gasteiger partial charge on any atom is 0.267 e. The predicted molar refractivity (Wildman–Crippen MR) is 115 cm³/mol. The van der Waals surface area contributed by atoms with Crippen molar-refractivity contribution in [2.75, 3.05) is 6.61 Å². The maximum atomic E-state index is 13.0. The Labute approximate surface area is 173 Å². The van der Waals surface area contributed by atoms with Crippen LogP contribution in [0.1, 0.15) is 20.8 Å². The molecule has 0 fully saturated rings. The summed E-state index contributed by atoms with van der Waals surface area (Å²) in [5.74, 6) is 1.35. The lowest BCUT2D eigenvalue weighted by atomic mass is 10.1. The van der Waals surface area contributed by atoms with Gasteiger partial charge in [0.25, 0.3) is 11.4 Å². The molecule has 4 rings (SSSR count). The summed E-state index contributed by atoms with van der Waals surface area (Å²) in [5, 5.41) is 15.3. The van der Waals surface area contributed by atoms with Gasteiger partial charge in [0.05, 0.1) is 12.1 Å². The van der Waals surface area contributed by atoms with Crippen molar-refractivity contribution >= 4 is 10.9 Å². The minimum absolute atomic E-state index is 0.00573. The molecule has 2 heterocycles. The molecule has 30 heavy (non-hydrogen) atoms. The molecule has 0 bridgehead atoms. The second-order valence-electron chi connectivity index (χ2n) is 7.44. The Balaban J connectivity index is 1.73. The van der Waals surface area contributed by atoms with E-state index in [1.54, 1.807) is 22.8 Å². The molecule has 0 aliphatic heterocycles. The Kier molecular flexibility index (Phi) is 5.27. The number of pyridine rings is 1. The van der Waals surface area contributed by atoms with Gasteiger partial charge in [-0.1, -0.05) is 31.1 Å². The molecule has 4 aromatic rings. The third kappa shape index (κ3) is 3.54. The Morgan fingerprint density at radius 2 is 1.87 bits per heavy atom. The number of para-hydroxylation sites is 1. The van der Waals surface area contributed by atoms with Gasteiger partial charge < -0.3 is 18.9 Å². The van der Waals surface area contributed by atoms with Crippen LogP contribution in [0.15, 0.2) is 57.8 Å². The highest BCUT2D eigenvalue weighted by Crippen LogP contribution is 2.33.